The molecule has 0 radical (unpaired) electrons. The monoisotopic (exact) mass is 330 g/mol. The van der Waals surface area contributed by atoms with Gasteiger partial charge in [-0.05, 0) is 44.7 Å². The van der Waals surface area contributed by atoms with Crippen molar-refractivity contribution in [3.8, 4) is 0 Å². The summed E-state index contributed by atoms with van der Waals surface area (Å²) >= 11 is 0. The maximum Gasteiger partial charge on any atom is 0.391 e. The summed E-state index contributed by atoms with van der Waals surface area (Å²) in [5, 5.41) is 2.62. The highest BCUT2D eigenvalue weighted by molar-refractivity contribution is 5.78. The molecule has 1 heterocycles. The van der Waals surface area contributed by atoms with E-state index in [0.29, 0.717) is 18.4 Å². The van der Waals surface area contributed by atoms with Crippen molar-refractivity contribution in [2.45, 2.75) is 52.3 Å². The minimum Gasteiger partial charge on any atom is -0.352 e. The zero-order valence-corrected chi connectivity index (χ0v) is 13.2. The van der Waals surface area contributed by atoms with E-state index in [4.69, 9.17) is 0 Å². The van der Waals surface area contributed by atoms with Crippen LogP contribution in [0, 0.1) is 25.7 Å². The van der Waals surface area contributed by atoms with Crippen LogP contribution in [0.15, 0.2) is 10.9 Å². The number of carbonyl (C=O) groups is 1. The number of rotatable bonds is 3. The van der Waals surface area contributed by atoms with Crippen molar-refractivity contribution in [2.24, 2.45) is 11.8 Å². The average molecular weight is 330 g/mol. The summed E-state index contributed by atoms with van der Waals surface area (Å²) in [6.07, 6.45) is -3.47. The Morgan fingerprint density at radius 2 is 2.04 bits per heavy atom. The first-order valence-corrected chi connectivity index (χ1v) is 7.72. The van der Waals surface area contributed by atoms with E-state index in [1.54, 1.807) is 19.9 Å². The molecule has 1 fully saturated rings. The van der Waals surface area contributed by atoms with E-state index in [2.05, 4.69) is 10.3 Å². The molecule has 0 aromatic carbocycles. The normalized spacial score (nSPS) is 22.0. The Labute approximate surface area is 132 Å². The maximum absolute atomic E-state index is 12.8. The summed E-state index contributed by atoms with van der Waals surface area (Å²) in [5.74, 6) is -2.45. The number of aryl methyl sites for hydroxylation is 2. The van der Waals surface area contributed by atoms with E-state index in [1.165, 1.54) is 0 Å². The van der Waals surface area contributed by atoms with Crippen LogP contribution >= 0.6 is 0 Å². The summed E-state index contributed by atoms with van der Waals surface area (Å²) < 4.78 is 38.4. The molecule has 4 nitrogen and oxygen atoms in total. The zero-order chi connectivity index (χ0) is 17.2. The third-order valence-corrected chi connectivity index (χ3v) is 4.44. The fourth-order valence-corrected chi connectivity index (χ4v) is 3.15. The molecule has 2 rings (SSSR count). The second-order valence-electron chi connectivity index (χ2n) is 6.26. The molecule has 1 aromatic rings. The van der Waals surface area contributed by atoms with Gasteiger partial charge in [0, 0.05) is 23.7 Å². The molecule has 1 aliphatic rings. The molecule has 0 saturated heterocycles. The lowest BCUT2D eigenvalue weighted by molar-refractivity contribution is -0.186. The number of H-pyrrole nitrogens is 1. The van der Waals surface area contributed by atoms with Gasteiger partial charge in [-0.1, -0.05) is 6.42 Å². The summed E-state index contributed by atoms with van der Waals surface area (Å²) in [5.41, 5.74) is 1.64. The summed E-state index contributed by atoms with van der Waals surface area (Å²) in [6, 6.07) is 1.79. The van der Waals surface area contributed by atoms with Crippen LogP contribution in [0.1, 0.15) is 42.5 Å². The molecular weight excluding hydrogens is 309 g/mol. The Hall–Kier alpha value is -1.79. The van der Waals surface area contributed by atoms with Gasteiger partial charge in [0.05, 0.1) is 5.92 Å². The predicted molar refractivity (Wildman–Crippen MR) is 79.9 cm³/mol. The molecule has 7 heteroatoms. The lowest BCUT2D eigenvalue weighted by Gasteiger charge is -2.29. The summed E-state index contributed by atoms with van der Waals surface area (Å²) in [6.45, 7) is 3.56. The van der Waals surface area contributed by atoms with E-state index in [9.17, 15) is 22.8 Å². The molecule has 1 saturated carbocycles. The highest BCUT2D eigenvalue weighted by atomic mass is 19.4. The topological polar surface area (TPSA) is 62.0 Å². The number of nitrogens with one attached hydrogen (secondary N) is 2. The van der Waals surface area contributed by atoms with Gasteiger partial charge in [0.15, 0.2) is 0 Å². The molecule has 0 aliphatic heterocycles. The molecular formula is C16H21F3N2O2. The van der Waals surface area contributed by atoms with Crippen molar-refractivity contribution < 1.29 is 18.0 Å². The number of aromatic amines is 1. The number of pyridine rings is 1. The molecule has 0 spiro atoms. The van der Waals surface area contributed by atoms with Gasteiger partial charge in [0.2, 0.25) is 5.91 Å². The third kappa shape index (κ3) is 4.36. The van der Waals surface area contributed by atoms with Crippen LogP contribution in [0.2, 0.25) is 0 Å². The minimum absolute atomic E-state index is 0.0352. The minimum atomic E-state index is -4.25. The van der Waals surface area contributed by atoms with Crippen LogP contribution in [-0.4, -0.2) is 17.1 Å². The Kier molecular flexibility index (Phi) is 5.16. The Morgan fingerprint density at radius 1 is 1.35 bits per heavy atom. The molecule has 23 heavy (non-hydrogen) atoms. The van der Waals surface area contributed by atoms with Crippen LogP contribution in [0.25, 0.3) is 0 Å². The van der Waals surface area contributed by atoms with Gasteiger partial charge in [0.1, 0.15) is 0 Å². The first-order valence-electron chi connectivity index (χ1n) is 7.72. The van der Waals surface area contributed by atoms with Gasteiger partial charge >= 0.3 is 6.18 Å². The number of hydrogen-bond acceptors (Lipinski definition) is 2. The average Bonchev–Trinajstić information content (AvgIpc) is 2.45. The fraction of sp³-hybridized carbons (Fsp3) is 0.625. The largest absolute Gasteiger partial charge is 0.391 e. The molecule has 1 aliphatic carbocycles. The first kappa shape index (κ1) is 17.6. The number of carbonyl (C=O) groups excluding carboxylic acids is 1. The first-order chi connectivity index (χ1) is 10.7. The van der Waals surface area contributed by atoms with Crippen LogP contribution < -0.4 is 10.9 Å². The van der Waals surface area contributed by atoms with Gasteiger partial charge in [-0.15, -0.1) is 0 Å². The molecule has 128 valence electrons. The number of hydrogen-bond donors (Lipinski definition) is 2. The highest BCUT2D eigenvalue weighted by Crippen LogP contribution is 2.39. The molecule has 2 unspecified atom stereocenters. The van der Waals surface area contributed by atoms with Crippen LogP contribution in [0.5, 0.6) is 0 Å². The van der Waals surface area contributed by atoms with Gasteiger partial charge in [0.25, 0.3) is 5.56 Å². The van der Waals surface area contributed by atoms with Crippen molar-refractivity contribution in [1.29, 1.82) is 0 Å². The lowest BCUT2D eigenvalue weighted by atomic mass is 9.80. The van der Waals surface area contributed by atoms with Crippen LogP contribution in [0.3, 0.4) is 0 Å². The summed E-state index contributed by atoms with van der Waals surface area (Å²) in [4.78, 5) is 26.7. The van der Waals surface area contributed by atoms with Gasteiger partial charge in [-0.3, -0.25) is 9.59 Å². The van der Waals surface area contributed by atoms with Crippen molar-refractivity contribution in [3.63, 3.8) is 0 Å². The second-order valence-corrected chi connectivity index (χ2v) is 6.26. The molecule has 1 aromatic heterocycles. The van der Waals surface area contributed by atoms with E-state index in [-0.39, 0.29) is 24.9 Å². The van der Waals surface area contributed by atoms with Crippen molar-refractivity contribution >= 4 is 5.91 Å². The van der Waals surface area contributed by atoms with Crippen molar-refractivity contribution in [2.75, 3.05) is 0 Å². The van der Waals surface area contributed by atoms with E-state index < -0.39 is 23.9 Å². The van der Waals surface area contributed by atoms with E-state index >= 15 is 0 Å². The van der Waals surface area contributed by atoms with Gasteiger partial charge < -0.3 is 10.3 Å². The quantitative estimate of drug-likeness (QED) is 0.895. The lowest BCUT2D eigenvalue weighted by Crippen LogP contribution is -2.38. The molecule has 1 amide bonds. The predicted octanol–water partition coefficient (Wildman–Crippen LogP) is 2.98. The third-order valence-electron chi connectivity index (χ3n) is 4.44. The number of alkyl halides is 3. The van der Waals surface area contributed by atoms with Crippen molar-refractivity contribution in [3.05, 3.63) is 33.2 Å². The Bertz CT molecular complexity index is 637. The van der Waals surface area contributed by atoms with Gasteiger partial charge in [-0.2, -0.15) is 13.2 Å². The molecule has 2 N–H and O–H groups in total. The SMILES string of the molecule is Cc1cc(C)c(CNC(=O)C2CCCC(C(F)(F)F)C2)c(=O)[nH]1. The van der Waals surface area contributed by atoms with Crippen molar-refractivity contribution in [1.82, 2.24) is 10.3 Å². The number of amides is 1. The number of aromatic nitrogens is 1. The Balaban J connectivity index is 1.99. The van der Waals surface area contributed by atoms with E-state index in [0.717, 1.165) is 11.3 Å². The second kappa shape index (κ2) is 6.76. The Morgan fingerprint density at radius 3 is 2.65 bits per heavy atom. The van der Waals surface area contributed by atoms with E-state index in [1.807, 2.05) is 0 Å². The van der Waals surface area contributed by atoms with Crippen LogP contribution in [0.4, 0.5) is 13.2 Å². The summed E-state index contributed by atoms with van der Waals surface area (Å²) in [7, 11) is 0. The fourth-order valence-electron chi connectivity index (χ4n) is 3.15. The highest BCUT2D eigenvalue weighted by Gasteiger charge is 2.43. The molecule has 2 atom stereocenters. The zero-order valence-electron chi connectivity index (χ0n) is 13.2. The smallest absolute Gasteiger partial charge is 0.352 e. The van der Waals surface area contributed by atoms with Gasteiger partial charge in [-0.25, -0.2) is 0 Å². The van der Waals surface area contributed by atoms with Crippen LogP contribution in [-0.2, 0) is 11.3 Å². The standard InChI is InChI=1S/C16H21F3N2O2/c1-9-6-10(2)21-15(23)13(9)8-20-14(22)11-4-3-5-12(7-11)16(17,18)19/h6,11-12H,3-5,7-8H2,1-2H3,(H,20,22)(H,21,23). The maximum atomic E-state index is 12.8. The number of halogens is 3. The molecule has 0 bridgehead atoms.